The SMILES string of the molecule is CCCC(C(=O)NCC(O)c1ccc(OC(F)(F)F)cc1)c1ccccc1. The van der Waals surface area contributed by atoms with Crippen molar-refractivity contribution in [1.29, 1.82) is 0 Å². The average Bonchev–Trinajstić information content (AvgIpc) is 2.64. The van der Waals surface area contributed by atoms with E-state index in [4.69, 9.17) is 0 Å². The van der Waals surface area contributed by atoms with Crippen LogP contribution in [0.25, 0.3) is 0 Å². The largest absolute Gasteiger partial charge is 0.573 e. The Balaban J connectivity index is 1.95. The van der Waals surface area contributed by atoms with Crippen molar-refractivity contribution in [2.75, 3.05) is 6.54 Å². The Morgan fingerprint density at radius 1 is 1.07 bits per heavy atom. The maximum atomic E-state index is 12.5. The summed E-state index contributed by atoms with van der Waals surface area (Å²) in [7, 11) is 0. The molecule has 4 nitrogen and oxygen atoms in total. The molecule has 0 spiro atoms. The van der Waals surface area contributed by atoms with Gasteiger partial charge in [0.1, 0.15) is 5.75 Å². The number of rotatable bonds is 8. The fourth-order valence-corrected chi connectivity index (χ4v) is 2.75. The van der Waals surface area contributed by atoms with Gasteiger partial charge in [0.05, 0.1) is 12.0 Å². The summed E-state index contributed by atoms with van der Waals surface area (Å²) < 4.78 is 40.3. The lowest BCUT2D eigenvalue weighted by Gasteiger charge is -2.19. The first-order chi connectivity index (χ1) is 12.8. The lowest BCUT2D eigenvalue weighted by molar-refractivity contribution is -0.274. The summed E-state index contributed by atoms with van der Waals surface area (Å²) in [6.45, 7) is 1.95. The Labute approximate surface area is 156 Å². The van der Waals surface area contributed by atoms with Crippen LogP contribution in [0.1, 0.15) is 42.9 Å². The van der Waals surface area contributed by atoms with E-state index in [0.29, 0.717) is 12.0 Å². The second-order valence-electron chi connectivity index (χ2n) is 6.13. The number of hydrogen-bond donors (Lipinski definition) is 2. The molecule has 146 valence electrons. The molecule has 2 atom stereocenters. The number of carbonyl (C=O) groups excluding carboxylic acids is 1. The summed E-state index contributed by atoms with van der Waals surface area (Å²) in [5.41, 5.74) is 1.29. The fraction of sp³-hybridized carbons (Fsp3) is 0.350. The average molecular weight is 381 g/mol. The summed E-state index contributed by atoms with van der Waals surface area (Å²) in [5, 5.41) is 12.9. The molecule has 2 N–H and O–H groups in total. The first-order valence-corrected chi connectivity index (χ1v) is 8.66. The standard InChI is InChI=1S/C20H22F3NO3/c1-2-6-17(14-7-4-3-5-8-14)19(26)24-13-18(25)15-9-11-16(12-10-15)27-20(21,22)23/h3-5,7-12,17-18,25H,2,6,13H2,1H3,(H,24,26). The molecular formula is C20H22F3NO3. The number of hydrogen-bond acceptors (Lipinski definition) is 3. The molecule has 1 amide bonds. The predicted octanol–water partition coefficient (Wildman–Crippen LogP) is 4.32. The molecule has 0 bridgehead atoms. The summed E-state index contributed by atoms with van der Waals surface area (Å²) >= 11 is 0. The molecule has 7 heteroatoms. The van der Waals surface area contributed by atoms with Crippen LogP contribution in [0.5, 0.6) is 5.75 Å². The number of carbonyl (C=O) groups is 1. The van der Waals surface area contributed by atoms with Gasteiger partial charge >= 0.3 is 6.36 Å². The molecule has 2 unspecified atom stereocenters. The Morgan fingerprint density at radius 2 is 1.70 bits per heavy atom. The van der Waals surface area contributed by atoms with Crippen molar-refractivity contribution in [3.05, 3.63) is 65.7 Å². The van der Waals surface area contributed by atoms with Crippen LogP contribution < -0.4 is 10.1 Å². The topological polar surface area (TPSA) is 58.6 Å². The quantitative estimate of drug-likeness (QED) is 0.716. The van der Waals surface area contributed by atoms with Gasteiger partial charge in [-0.3, -0.25) is 4.79 Å². The van der Waals surface area contributed by atoms with Crippen molar-refractivity contribution < 1.29 is 27.8 Å². The smallest absolute Gasteiger partial charge is 0.406 e. The monoisotopic (exact) mass is 381 g/mol. The van der Waals surface area contributed by atoms with E-state index in [1.165, 1.54) is 12.1 Å². The van der Waals surface area contributed by atoms with Gasteiger partial charge in [-0.05, 0) is 29.7 Å². The molecule has 0 saturated carbocycles. The molecule has 0 aliphatic carbocycles. The third kappa shape index (κ3) is 6.60. The van der Waals surface area contributed by atoms with Crippen LogP contribution in [0.2, 0.25) is 0 Å². The third-order valence-electron chi connectivity index (χ3n) is 4.06. The second-order valence-corrected chi connectivity index (χ2v) is 6.13. The molecule has 0 fully saturated rings. The molecule has 0 aliphatic rings. The van der Waals surface area contributed by atoms with Gasteiger partial charge in [0.15, 0.2) is 0 Å². The minimum atomic E-state index is -4.76. The van der Waals surface area contributed by atoms with Gasteiger partial charge in [0.2, 0.25) is 5.91 Å². The van der Waals surface area contributed by atoms with Gasteiger partial charge in [-0.2, -0.15) is 0 Å². The first-order valence-electron chi connectivity index (χ1n) is 8.66. The molecule has 0 aromatic heterocycles. The van der Waals surface area contributed by atoms with E-state index >= 15 is 0 Å². The summed E-state index contributed by atoms with van der Waals surface area (Å²) in [4.78, 5) is 12.5. The van der Waals surface area contributed by atoms with Gasteiger partial charge in [0.25, 0.3) is 0 Å². The van der Waals surface area contributed by atoms with Gasteiger partial charge in [0, 0.05) is 6.54 Å². The molecule has 2 rings (SSSR count). The predicted molar refractivity (Wildman–Crippen MR) is 95.2 cm³/mol. The van der Waals surface area contributed by atoms with Crippen LogP contribution in [0.4, 0.5) is 13.2 Å². The van der Waals surface area contributed by atoms with E-state index in [1.807, 2.05) is 37.3 Å². The van der Waals surface area contributed by atoms with E-state index in [0.717, 1.165) is 24.1 Å². The highest BCUT2D eigenvalue weighted by atomic mass is 19.4. The zero-order valence-electron chi connectivity index (χ0n) is 14.9. The van der Waals surface area contributed by atoms with Crippen LogP contribution in [0, 0.1) is 0 Å². The zero-order chi connectivity index (χ0) is 19.9. The zero-order valence-corrected chi connectivity index (χ0v) is 14.9. The van der Waals surface area contributed by atoms with Crippen LogP contribution in [0.15, 0.2) is 54.6 Å². The molecule has 0 aliphatic heterocycles. The summed E-state index contributed by atoms with van der Waals surface area (Å²) in [6.07, 6.45) is -4.29. The van der Waals surface area contributed by atoms with Crippen LogP contribution in [-0.4, -0.2) is 23.9 Å². The maximum Gasteiger partial charge on any atom is 0.573 e. The Hall–Kier alpha value is -2.54. The lowest BCUT2D eigenvalue weighted by atomic mass is 9.93. The molecule has 2 aromatic carbocycles. The number of nitrogens with one attached hydrogen (secondary N) is 1. The molecule has 2 aromatic rings. The van der Waals surface area contributed by atoms with Crippen molar-refractivity contribution in [1.82, 2.24) is 5.32 Å². The van der Waals surface area contributed by atoms with Crippen molar-refractivity contribution in [2.24, 2.45) is 0 Å². The number of alkyl halides is 3. The molecule has 0 saturated heterocycles. The number of ether oxygens (including phenoxy) is 1. The Kier molecular flexibility index (Phi) is 7.24. The number of benzene rings is 2. The van der Waals surface area contributed by atoms with E-state index in [2.05, 4.69) is 10.1 Å². The highest BCUT2D eigenvalue weighted by Gasteiger charge is 2.31. The van der Waals surface area contributed by atoms with Crippen molar-refractivity contribution in [3.8, 4) is 5.75 Å². The highest BCUT2D eigenvalue weighted by Crippen LogP contribution is 2.25. The van der Waals surface area contributed by atoms with Gasteiger partial charge in [-0.15, -0.1) is 13.2 Å². The van der Waals surface area contributed by atoms with Crippen LogP contribution >= 0.6 is 0 Å². The summed E-state index contributed by atoms with van der Waals surface area (Å²) in [6, 6.07) is 14.3. The molecular weight excluding hydrogens is 359 g/mol. The normalized spacial score (nSPS) is 13.7. The van der Waals surface area contributed by atoms with E-state index in [9.17, 15) is 23.1 Å². The molecule has 27 heavy (non-hydrogen) atoms. The van der Waals surface area contributed by atoms with E-state index in [1.54, 1.807) is 0 Å². The number of aliphatic hydroxyl groups is 1. The minimum absolute atomic E-state index is 0.0364. The minimum Gasteiger partial charge on any atom is -0.406 e. The molecule has 0 heterocycles. The summed E-state index contributed by atoms with van der Waals surface area (Å²) in [5.74, 6) is -0.875. The fourth-order valence-electron chi connectivity index (χ4n) is 2.75. The first kappa shape index (κ1) is 20.8. The number of halogens is 3. The Morgan fingerprint density at radius 3 is 2.26 bits per heavy atom. The Bertz CT molecular complexity index is 718. The third-order valence-corrected chi connectivity index (χ3v) is 4.06. The van der Waals surface area contributed by atoms with Gasteiger partial charge in [-0.25, -0.2) is 0 Å². The number of aliphatic hydroxyl groups excluding tert-OH is 1. The second kappa shape index (κ2) is 9.41. The van der Waals surface area contributed by atoms with Crippen molar-refractivity contribution in [2.45, 2.75) is 38.1 Å². The van der Waals surface area contributed by atoms with E-state index < -0.39 is 12.5 Å². The maximum absolute atomic E-state index is 12.5. The van der Waals surface area contributed by atoms with Crippen molar-refractivity contribution in [3.63, 3.8) is 0 Å². The van der Waals surface area contributed by atoms with E-state index in [-0.39, 0.29) is 24.1 Å². The number of amides is 1. The van der Waals surface area contributed by atoms with Gasteiger partial charge in [-0.1, -0.05) is 55.8 Å². The van der Waals surface area contributed by atoms with Crippen LogP contribution in [-0.2, 0) is 4.79 Å². The van der Waals surface area contributed by atoms with Gasteiger partial charge < -0.3 is 15.2 Å². The van der Waals surface area contributed by atoms with Crippen molar-refractivity contribution >= 4 is 5.91 Å². The lowest BCUT2D eigenvalue weighted by Crippen LogP contribution is -2.32. The molecule has 0 radical (unpaired) electrons. The highest BCUT2D eigenvalue weighted by molar-refractivity contribution is 5.83. The van der Waals surface area contributed by atoms with Crippen LogP contribution in [0.3, 0.4) is 0 Å².